The predicted molar refractivity (Wildman–Crippen MR) is 92.6 cm³/mol. The first-order chi connectivity index (χ1) is 12.5. The number of hydrogen-bond acceptors (Lipinski definition) is 8. The van der Waals surface area contributed by atoms with Crippen molar-refractivity contribution >= 4 is 11.0 Å². The zero-order valence-corrected chi connectivity index (χ0v) is 14.2. The Labute approximate surface area is 147 Å². The first-order valence-electron chi connectivity index (χ1n) is 7.45. The van der Waals surface area contributed by atoms with Crippen molar-refractivity contribution < 1.29 is 33.9 Å². The molecule has 0 aliphatic carbocycles. The minimum atomic E-state index is -0.700. The third-order valence-electron chi connectivity index (χ3n) is 3.92. The number of hydrogen-bond donors (Lipinski definition) is 3. The van der Waals surface area contributed by atoms with Gasteiger partial charge >= 0.3 is 0 Å². The van der Waals surface area contributed by atoms with Gasteiger partial charge in [-0.3, -0.25) is 4.79 Å². The number of methoxy groups -OCH3 is 3. The molecule has 1 aromatic heterocycles. The van der Waals surface area contributed by atoms with Crippen LogP contribution < -0.4 is 19.6 Å². The Morgan fingerprint density at radius 3 is 2.04 bits per heavy atom. The molecule has 0 saturated heterocycles. The van der Waals surface area contributed by atoms with Crippen molar-refractivity contribution in [2.45, 2.75) is 0 Å². The summed E-state index contributed by atoms with van der Waals surface area (Å²) in [5.74, 6) is -2.15. The van der Waals surface area contributed by atoms with Gasteiger partial charge in [0.05, 0.1) is 26.9 Å². The highest BCUT2D eigenvalue weighted by molar-refractivity contribution is 5.96. The highest BCUT2D eigenvalue weighted by Crippen LogP contribution is 2.50. The Morgan fingerprint density at radius 2 is 1.46 bits per heavy atom. The lowest BCUT2D eigenvalue weighted by molar-refractivity contribution is 0.321. The lowest BCUT2D eigenvalue weighted by atomic mass is 10.1. The van der Waals surface area contributed by atoms with Crippen LogP contribution in [0.25, 0.3) is 22.3 Å². The van der Waals surface area contributed by atoms with E-state index in [9.17, 15) is 20.1 Å². The summed E-state index contributed by atoms with van der Waals surface area (Å²) in [4.78, 5) is 13.0. The van der Waals surface area contributed by atoms with Gasteiger partial charge in [-0.1, -0.05) is 12.1 Å². The second kappa shape index (κ2) is 6.40. The van der Waals surface area contributed by atoms with Gasteiger partial charge in [-0.2, -0.15) is 0 Å². The summed E-state index contributed by atoms with van der Waals surface area (Å²) in [5.41, 5.74) is -0.821. The van der Waals surface area contributed by atoms with Crippen molar-refractivity contribution in [2.24, 2.45) is 0 Å². The summed E-state index contributed by atoms with van der Waals surface area (Å²) in [6.45, 7) is 0. The monoisotopic (exact) mass is 360 g/mol. The Morgan fingerprint density at radius 1 is 0.846 bits per heavy atom. The number of ether oxygens (including phenoxy) is 3. The largest absolute Gasteiger partial charge is 0.507 e. The molecule has 0 saturated carbocycles. The van der Waals surface area contributed by atoms with Crippen LogP contribution in [0.1, 0.15) is 0 Å². The molecule has 0 aliphatic rings. The van der Waals surface area contributed by atoms with E-state index in [0.29, 0.717) is 0 Å². The van der Waals surface area contributed by atoms with E-state index >= 15 is 0 Å². The van der Waals surface area contributed by atoms with Crippen LogP contribution in [0.2, 0.25) is 0 Å². The third-order valence-corrected chi connectivity index (χ3v) is 3.92. The standard InChI is InChI=1S/C18H16O8/c1-23-16-10-11(20)17(24-2)14(8-6-4-5-7-9(8)19)26-15(10)12(21)13(22)18(16)25-3/h4-7,19,21-22H,1-3H3. The minimum Gasteiger partial charge on any atom is -0.507 e. The zero-order valence-electron chi connectivity index (χ0n) is 14.2. The van der Waals surface area contributed by atoms with Crippen molar-refractivity contribution in [1.29, 1.82) is 0 Å². The predicted octanol–water partition coefficient (Wildman–Crippen LogP) is 2.60. The second-order valence-electron chi connectivity index (χ2n) is 5.28. The van der Waals surface area contributed by atoms with Crippen LogP contribution in [-0.2, 0) is 0 Å². The van der Waals surface area contributed by atoms with E-state index in [-0.39, 0.29) is 45.3 Å². The maximum Gasteiger partial charge on any atom is 0.239 e. The maximum absolute atomic E-state index is 13.0. The molecule has 0 amide bonds. The van der Waals surface area contributed by atoms with Crippen LogP contribution in [0.3, 0.4) is 0 Å². The Bertz CT molecular complexity index is 1050. The van der Waals surface area contributed by atoms with E-state index in [0.717, 1.165) is 0 Å². The first kappa shape index (κ1) is 17.3. The van der Waals surface area contributed by atoms with E-state index in [2.05, 4.69) is 0 Å². The number of para-hydroxylation sites is 1. The molecule has 136 valence electrons. The Hall–Kier alpha value is -3.55. The number of rotatable bonds is 4. The maximum atomic E-state index is 13.0. The summed E-state index contributed by atoms with van der Waals surface area (Å²) in [7, 11) is 3.79. The highest BCUT2D eigenvalue weighted by atomic mass is 16.5. The van der Waals surface area contributed by atoms with E-state index in [1.807, 2.05) is 0 Å². The van der Waals surface area contributed by atoms with Gasteiger partial charge in [-0.05, 0) is 12.1 Å². The molecule has 0 atom stereocenters. The van der Waals surface area contributed by atoms with Gasteiger partial charge in [0.25, 0.3) is 0 Å². The molecule has 8 nitrogen and oxygen atoms in total. The molecule has 0 aliphatic heterocycles. The van der Waals surface area contributed by atoms with Crippen molar-refractivity contribution in [3.8, 4) is 45.8 Å². The second-order valence-corrected chi connectivity index (χ2v) is 5.28. The fourth-order valence-corrected chi connectivity index (χ4v) is 2.74. The quantitative estimate of drug-likeness (QED) is 0.608. The van der Waals surface area contributed by atoms with Crippen molar-refractivity contribution in [1.82, 2.24) is 0 Å². The van der Waals surface area contributed by atoms with E-state index < -0.39 is 16.9 Å². The molecule has 2 aromatic carbocycles. The molecular weight excluding hydrogens is 344 g/mol. The van der Waals surface area contributed by atoms with Crippen molar-refractivity contribution in [2.75, 3.05) is 21.3 Å². The number of phenols is 3. The molecule has 3 N–H and O–H groups in total. The number of fused-ring (bicyclic) bond motifs is 1. The van der Waals surface area contributed by atoms with Crippen LogP contribution in [0.4, 0.5) is 0 Å². The zero-order chi connectivity index (χ0) is 19.0. The summed E-state index contributed by atoms with van der Waals surface area (Å²) >= 11 is 0. The van der Waals surface area contributed by atoms with Crippen LogP contribution in [0.5, 0.6) is 34.5 Å². The topological polar surface area (TPSA) is 119 Å². The normalized spacial score (nSPS) is 10.7. The minimum absolute atomic E-state index is 0.106. The van der Waals surface area contributed by atoms with Gasteiger partial charge in [0.15, 0.2) is 17.1 Å². The average molecular weight is 360 g/mol. The van der Waals surface area contributed by atoms with E-state index in [4.69, 9.17) is 18.6 Å². The van der Waals surface area contributed by atoms with E-state index in [1.165, 1.54) is 33.5 Å². The summed E-state index contributed by atoms with van der Waals surface area (Å²) in [6.07, 6.45) is 0. The van der Waals surface area contributed by atoms with E-state index in [1.54, 1.807) is 12.1 Å². The van der Waals surface area contributed by atoms with Crippen molar-refractivity contribution in [3.63, 3.8) is 0 Å². The smallest absolute Gasteiger partial charge is 0.239 e. The molecule has 0 bridgehead atoms. The average Bonchev–Trinajstić information content (AvgIpc) is 2.64. The highest BCUT2D eigenvalue weighted by Gasteiger charge is 2.29. The van der Waals surface area contributed by atoms with Crippen LogP contribution in [0, 0.1) is 0 Å². The van der Waals surface area contributed by atoms with Crippen LogP contribution in [-0.4, -0.2) is 36.6 Å². The summed E-state index contributed by atoms with van der Waals surface area (Å²) in [6, 6.07) is 6.15. The molecule has 3 aromatic rings. The molecule has 0 unspecified atom stereocenters. The lowest BCUT2D eigenvalue weighted by Gasteiger charge is -2.16. The number of phenolic OH excluding ortho intramolecular Hbond substituents is 3. The lowest BCUT2D eigenvalue weighted by Crippen LogP contribution is -2.09. The van der Waals surface area contributed by atoms with Gasteiger partial charge in [0.2, 0.25) is 28.4 Å². The van der Waals surface area contributed by atoms with Gasteiger partial charge < -0.3 is 33.9 Å². The molecule has 3 rings (SSSR count). The Balaban J connectivity index is 2.55. The molecule has 26 heavy (non-hydrogen) atoms. The summed E-state index contributed by atoms with van der Waals surface area (Å²) in [5, 5.41) is 30.3. The van der Waals surface area contributed by atoms with Gasteiger partial charge in [0, 0.05) is 0 Å². The van der Waals surface area contributed by atoms with Gasteiger partial charge in [-0.25, -0.2) is 0 Å². The third kappa shape index (κ3) is 2.34. The molecule has 0 radical (unpaired) electrons. The fraction of sp³-hybridized carbons (Fsp3) is 0.167. The van der Waals surface area contributed by atoms with Gasteiger partial charge in [-0.15, -0.1) is 0 Å². The van der Waals surface area contributed by atoms with Crippen molar-refractivity contribution in [3.05, 3.63) is 34.5 Å². The molecule has 0 fully saturated rings. The SMILES string of the molecule is COc1c(O)c(O)c2oc(-c3ccccc3O)c(OC)c(=O)c2c1OC. The Kier molecular flexibility index (Phi) is 4.25. The molecule has 8 heteroatoms. The first-order valence-corrected chi connectivity index (χ1v) is 7.45. The number of aromatic hydroxyl groups is 3. The summed E-state index contributed by atoms with van der Waals surface area (Å²) < 4.78 is 21.0. The molecular formula is C18H16O8. The molecule has 1 heterocycles. The van der Waals surface area contributed by atoms with Gasteiger partial charge in [0.1, 0.15) is 11.1 Å². The molecule has 0 spiro atoms. The van der Waals surface area contributed by atoms with Crippen LogP contribution in [0.15, 0.2) is 33.5 Å². The number of benzene rings is 2. The van der Waals surface area contributed by atoms with Crippen LogP contribution >= 0.6 is 0 Å². The fourth-order valence-electron chi connectivity index (χ4n) is 2.74.